The average molecular weight is 487 g/mol. The van der Waals surface area contributed by atoms with Crippen LogP contribution in [-0.4, -0.2) is 21.5 Å². The number of aromatic nitrogens is 1. The Morgan fingerprint density at radius 2 is 1.65 bits per heavy atom. The Bertz CT molecular complexity index is 1360. The van der Waals surface area contributed by atoms with Crippen molar-refractivity contribution >= 4 is 40.9 Å². The van der Waals surface area contributed by atoms with Crippen molar-refractivity contribution < 1.29 is 27.2 Å². The first-order valence-corrected chi connectivity index (χ1v) is 10.4. The molecular formula is C24H17F4N3O2S. The van der Waals surface area contributed by atoms with E-state index in [1.54, 1.807) is 25.1 Å². The summed E-state index contributed by atoms with van der Waals surface area (Å²) in [5, 5.41) is 2.05. The van der Waals surface area contributed by atoms with E-state index < -0.39 is 23.6 Å². The van der Waals surface area contributed by atoms with Crippen molar-refractivity contribution in [1.29, 1.82) is 0 Å². The zero-order valence-electron chi connectivity index (χ0n) is 17.9. The Hall–Kier alpha value is -3.79. The van der Waals surface area contributed by atoms with Gasteiger partial charge in [0.05, 0.1) is 11.3 Å². The second-order valence-electron chi connectivity index (χ2n) is 7.64. The molecule has 2 amide bonds. The predicted molar refractivity (Wildman–Crippen MR) is 123 cm³/mol. The van der Waals surface area contributed by atoms with E-state index in [1.807, 2.05) is 11.5 Å². The molecule has 5 nitrogen and oxygen atoms in total. The van der Waals surface area contributed by atoms with Crippen molar-refractivity contribution in [2.75, 3.05) is 4.90 Å². The zero-order valence-corrected chi connectivity index (χ0v) is 18.7. The summed E-state index contributed by atoms with van der Waals surface area (Å²) in [6.07, 6.45) is -3.25. The van der Waals surface area contributed by atoms with Crippen molar-refractivity contribution in [2.24, 2.45) is 0 Å². The Morgan fingerprint density at radius 1 is 0.971 bits per heavy atom. The quantitative estimate of drug-likeness (QED) is 0.243. The molecule has 1 fully saturated rings. The van der Waals surface area contributed by atoms with Crippen LogP contribution in [0.2, 0.25) is 0 Å². The third-order valence-electron chi connectivity index (χ3n) is 5.39. The van der Waals surface area contributed by atoms with Crippen LogP contribution in [0.3, 0.4) is 0 Å². The van der Waals surface area contributed by atoms with E-state index in [-0.39, 0.29) is 22.2 Å². The molecule has 2 aromatic carbocycles. The fraction of sp³-hybridized carbons (Fsp3) is 0.125. The number of carbonyl (C=O) groups excluding carboxylic acids is 2. The molecule has 4 rings (SSSR count). The monoisotopic (exact) mass is 487 g/mol. The zero-order chi connectivity index (χ0) is 24.8. The third kappa shape index (κ3) is 4.24. The van der Waals surface area contributed by atoms with E-state index in [0.717, 1.165) is 28.8 Å². The standard InChI is InChI=1S/C24H17F4N3O2S/c1-13-10-15(14(2)30(13)18-8-6-17(25)7-9-18)11-20-21(32)29-23(34)31(22(20)33)19-5-3-4-16(12-19)24(26,27)28/h3-12H,1-2H3,(H,29,32,34)/b20-11+. The summed E-state index contributed by atoms with van der Waals surface area (Å²) in [6.45, 7) is 3.58. The topological polar surface area (TPSA) is 54.3 Å². The molecule has 0 bridgehead atoms. The minimum atomic E-state index is -4.61. The van der Waals surface area contributed by atoms with Crippen LogP contribution >= 0.6 is 12.2 Å². The molecule has 34 heavy (non-hydrogen) atoms. The molecule has 2 heterocycles. The Labute approximate surface area is 197 Å². The molecular weight excluding hydrogens is 470 g/mol. The summed E-state index contributed by atoms with van der Waals surface area (Å²) in [4.78, 5) is 26.7. The summed E-state index contributed by atoms with van der Waals surface area (Å²) < 4.78 is 54.6. The van der Waals surface area contributed by atoms with Crippen LogP contribution in [0, 0.1) is 19.7 Å². The van der Waals surface area contributed by atoms with Gasteiger partial charge in [-0.2, -0.15) is 13.2 Å². The number of nitrogens with one attached hydrogen (secondary N) is 1. The van der Waals surface area contributed by atoms with E-state index in [1.165, 1.54) is 24.3 Å². The van der Waals surface area contributed by atoms with E-state index in [2.05, 4.69) is 5.32 Å². The van der Waals surface area contributed by atoms with Crippen LogP contribution in [0.1, 0.15) is 22.5 Å². The van der Waals surface area contributed by atoms with Crippen molar-refractivity contribution in [3.63, 3.8) is 0 Å². The molecule has 0 aliphatic carbocycles. The summed E-state index contributed by atoms with van der Waals surface area (Å²) in [6, 6.07) is 11.7. The number of alkyl halides is 3. The molecule has 174 valence electrons. The highest BCUT2D eigenvalue weighted by molar-refractivity contribution is 7.80. The number of carbonyl (C=O) groups is 2. The first kappa shape index (κ1) is 23.4. The van der Waals surface area contributed by atoms with Gasteiger partial charge in [0.25, 0.3) is 11.8 Å². The summed E-state index contributed by atoms with van der Waals surface area (Å²) >= 11 is 5.07. The molecule has 1 N–H and O–H groups in total. The molecule has 10 heteroatoms. The fourth-order valence-electron chi connectivity index (χ4n) is 3.79. The highest BCUT2D eigenvalue weighted by Crippen LogP contribution is 2.33. The van der Waals surface area contributed by atoms with Gasteiger partial charge in [-0.1, -0.05) is 6.07 Å². The van der Waals surface area contributed by atoms with Gasteiger partial charge in [-0.25, -0.2) is 4.39 Å². The van der Waals surface area contributed by atoms with Gasteiger partial charge in [-0.3, -0.25) is 19.8 Å². The van der Waals surface area contributed by atoms with Gasteiger partial charge in [0.15, 0.2) is 5.11 Å². The number of halogens is 4. The highest BCUT2D eigenvalue weighted by Gasteiger charge is 2.36. The van der Waals surface area contributed by atoms with E-state index in [9.17, 15) is 27.2 Å². The Morgan fingerprint density at radius 3 is 2.29 bits per heavy atom. The maximum atomic E-state index is 13.3. The number of hydrogen-bond acceptors (Lipinski definition) is 3. The van der Waals surface area contributed by atoms with Gasteiger partial charge < -0.3 is 4.57 Å². The van der Waals surface area contributed by atoms with Crippen LogP contribution in [0.5, 0.6) is 0 Å². The number of rotatable bonds is 3. The first-order valence-electron chi connectivity index (χ1n) is 10.0. The smallest absolute Gasteiger partial charge is 0.318 e. The molecule has 0 unspecified atom stereocenters. The molecule has 1 aliphatic rings. The Balaban J connectivity index is 1.75. The summed E-state index contributed by atoms with van der Waals surface area (Å²) in [5.74, 6) is -1.99. The predicted octanol–water partition coefficient (Wildman–Crippen LogP) is 5.08. The van der Waals surface area contributed by atoms with Crippen LogP contribution in [0.4, 0.5) is 23.2 Å². The van der Waals surface area contributed by atoms with Crippen molar-refractivity contribution in [3.05, 3.63) is 88.5 Å². The van der Waals surface area contributed by atoms with Gasteiger partial charge in [-0.15, -0.1) is 0 Å². The molecule has 1 saturated heterocycles. The van der Waals surface area contributed by atoms with Gasteiger partial charge in [-0.05, 0) is 86.2 Å². The van der Waals surface area contributed by atoms with Crippen molar-refractivity contribution in [2.45, 2.75) is 20.0 Å². The minimum absolute atomic E-state index is 0.118. The third-order valence-corrected chi connectivity index (χ3v) is 5.67. The van der Waals surface area contributed by atoms with Gasteiger partial charge in [0.2, 0.25) is 0 Å². The average Bonchev–Trinajstić information content (AvgIpc) is 3.04. The number of benzene rings is 2. The fourth-order valence-corrected chi connectivity index (χ4v) is 4.07. The number of amides is 2. The van der Waals surface area contributed by atoms with Gasteiger partial charge in [0.1, 0.15) is 11.4 Å². The van der Waals surface area contributed by atoms with Gasteiger partial charge >= 0.3 is 6.18 Å². The maximum absolute atomic E-state index is 13.3. The number of hydrogen-bond donors (Lipinski definition) is 1. The van der Waals surface area contributed by atoms with E-state index in [4.69, 9.17) is 12.2 Å². The lowest BCUT2D eigenvalue weighted by atomic mass is 10.1. The van der Waals surface area contributed by atoms with Crippen LogP contribution in [0.25, 0.3) is 11.8 Å². The lowest BCUT2D eigenvalue weighted by Crippen LogP contribution is -2.54. The minimum Gasteiger partial charge on any atom is -0.318 e. The highest BCUT2D eigenvalue weighted by atomic mass is 32.1. The number of anilines is 1. The van der Waals surface area contributed by atoms with Gasteiger partial charge in [0, 0.05) is 17.1 Å². The molecule has 1 aromatic heterocycles. The molecule has 1 aliphatic heterocycles. The first-order chi connectivity index (χ1) is 16.0. The molecule has 0 spiro atoms. The van der Waals surface area contributed by atoms with Crippen LogP contribution < -0.4 is 10.2 Å². The molecule has 0 radical (unpaired) electrons. The number of aryl methyl sites for hydroxylation is 1. The summed E-state index contributed by atoms with van der Waals surface area (Å²) in [7, 11) is 0. The molecule has 0 saturated carbocycles. The van der Waals surface area contributed by atoms with Crippen LogP contribution in [0.15, 0.2) is 60.2 Å². The van der Waals surface area contributed by atoms with Crippen LogP contribution in [-0.2, 0) is 15.8 Å². The summed E-state index contributed by atoms with van der Waals surface area (Å²) in [5.41, 5.74) is 1.31. The lowest BCUT2D eigenvalue weighted by Gasteiger charge is -2.29. The SMILES string of the molecule is Cc1cc(/C=C2\C(=O)NC(=S)N(c3cccc(C(F)(F)F)c3)C2=O)c(C)n1-c1ccc(F)cc1. The molecule has 0 atom stereocenters. The van der Waals surface area contributed by atoms with E-state index >= 15 is 0 Å². The normalized spacial score (nSPS) is 15.8. The van der Waals surface area contributed by atoms with Crippen molar-refractivity contribution in [1.82, 2.24) is 9.88 Å². The number of thiocarbonyl (C=S) groups is 1. The van der Waals surface area contributed by atoms with Crippen molar-refractivity contribution in [3.8, 4) is 5.69 Å². The second kappa shape index (κ2) is 8.53. The second-order valence-corrected chi connectivity index (χ2v) is 8.03. The maximum Gasteiger partial charge on any atom is 0.416 e. The molecule has 3 aromatic rings. The largest absolute Gasteiger partial charge is 0.416 e. The van der Waals surface area contributed by atoms with E-state index in [0.29, 0.717) is 16.9 Å². The lowest BCUT2D eigenvalue weighted by molar-refractivity contribution is -0.137. The number of nitrogens with zero attached hydrogens (tertiary/aromatic N) is 2. The Kier molecular flexibility index (Phi) is 5.86.